The van der Waals surface area contributed by atoms with E-state index in [1.54, 1.807) is 6.07 Å². The van der Waals surface area contributed by atoms with Crippen LogP contribution in [0.1, 0.15) is 43.0 Å². The van der Waals surface area contributed by atoms with Crippen molar-refractivity contribution >= 4 is 28.2 Å². The van der Waals surface area contributed by atoms with Crippen molar-refractivity contribution in [2.45, 2.75) is 46.1 Å². The van der Waals surface area contributed by atoms with Gasteiger partial charge in [-0.25, -0.2) is 4.98 Å². The number of aromatic hydroxyl groups is 1. The van der Waals surface area contributed by atoms with Gasteiger partial charge in [0.05, 0.1) is 24.0 Å². The number of nitrogens with one attached hydrogen (secondary N) is 1. The van der Waals surface area contributed by atoms with E-state index >= 15 is 0 Å². The van der Waals surface area contributed by atoms with Gasteiger partial charge in [0.1, 0.15) is 22.9 Å². The predicted octanol–water partition coefficient (Wildman–Crippen LogP) is 2.64. The number of nitrogens with zero attached hydrogens (tertiary/aromatic N) is 1. The molecule has 1 fully saturated rings. The minimum Gasteiger partial charge on any atom is -0.507 e. The predicted molar refractivity (Wildman–Crippen MR) is 112 cm³/mol. The Balaban J connectivity index is 1.93. The first kappa shape index (κ1) is 19.0. The molecule has 0 saturated carbocycles. The average Bonchev–Trinajstić information content (AvgIpc) is 3.11. The molecule has 0 aliphatic carbocycles. The molecule has 28 heavy (non-hydrogen) atoms. The molecule has 1 saturated heterocycles. The van der Waals surface area contributed by atoms with Crippen molar-refractivity contribution in [2.24, 2.45) is 0 Å². The van der Waals surface area contributed by atoms with E-state index in [-0.39, 0.29) is 17.1 Å². The molecule has 0 amide bonds. The van der Waals surface area contributed by atoms with Crippen molar-refractivity contribution in [1.29, 1.82) is 0 Å². The number of rotatable bonds is 4. The highest BCUT2D eigenvalue weighted by atomic mass is 32.1. The van der Waals surface area contributed by atoms with Crippen LogP contribution in [0.5, 0.6) is 5.75 Å². The van der Waals surface area contributed by atoms with Crippen LogP contribution >= 0.6 is 11.3 Å². The Morgan fingerprint density at radius 1 is 1.32 bits per heavy atom. The number of likely N-dealkylation sites (tertiary alicyclic amines) is 1. The Hall–Kier alpha value is -2.38. The summed E-state index contributed by atoms with van der Waals surface area (Å²) in [5, 5.41) is 13.8. The first-order valence-electron chi connectivity index (χ1n) is 9.85. The first-order chi connectivity index (χ1) is 13.5. The molecule has 0 bridgehead atoms. The van der Waals surface area contributed by atoms with Crippen LogP contribution < -0.4 is 16.1 Å². The summed E-state index contributed by atoms with van der Waals surface area (Å²) in [4.78, 5) is 19.1. The minimum absolute atomic E-state index is 0.0605. The topological polar surface area (TPSA) is 93.8 Å². The molecule has 6 nitrogen and oxygen atoms in total. The van der Waals surface area contributed by atoms with Gasteiger partial charge in [-0.3, -0.25) is 4.79 Å². The lowest BCUT2D eigenvalue weighted by molar-refractivity contribution is -0.918. The Bertz CT molecular complexity index is 1080. The Kier molecular flexibility index (Phi) is 5.12. The molecule has 1 aromatic carbocycles. The first-order valence-corrected chi connectivity index (χ1v) is 10.7. The van der Waals surface area contributed by atoms with E-state index in [9.17, 15) is 9.90 Å². The van der Waals surface area contributed by atoms with Crippen LogP contribution in [-0.2, 0) is 13.0 Å². The Morgan fingerprint density at radius 3 is 2.71 bits per heavy atom. The van der Waals surface area contributed by atoms with Crippen LogP contribution in [0.3, 0.4) is 0 Å². The van der Waals surface area contributed by atoms with Gasteiger partial charge in [0, 0.05) is 11.1 Å². The summed E-state index contributed by atoms with van der Waals surface area (Å²) in [6.07, 6.45) is 4.26. The second-order valence-corrected chi connectivity index (χ2v) is 8.40. The van der Waals surface area contributed by atoms with E-state index in [2.05, 4.69) is 4.98 Å². The maximum atomic E-state index is 13.3. The van der Waals surface area contributed by atoms with Gasteiger partial charge in [-0.2, -0.15) is 0 Å². The average molecular weight is 401 g/mol. The third kappa shape index (κ3) is 3.29. The van der Waals surface area contributed by atoms with Crippen molar-refractivity contribution < 1.29 is 14.4 Å². The van der Waals surface area contributed by atoms with Gasteiger partial charge in [-0.1, -0.05) is 6.92 Å². The van der Waals surface area contributed by atoms with Crippen LogP contribution in [0.25, 0.3) is 21.5 Å². The number of hydrogen-bond acceptors (Lipinski definition) is 6. The van der Waals surface area contributed by atoms with Crippen molar-refractivity contribution in [3.63, 3.8) is 0 Å². The van der Waals surface area contributed by atoms with Gasteiger partial charge >= 0.3 is 0 Å². The van der Waals surface area contributed by atoms with Gasteiger partial charge in [-0.05, 0) is 44.2 Å². The summed E-state index contributed by atoms with van der Waals surface area (Å²) < 4.78 is 5.96. The second-order valence-electron chi connectivity index (χ2n) is 7.55. The number of piperidine rings is 1. The summed E-state index contributed by atoms with van der Waals surface area (Å²) in [5.74, 6) is 0.291. The van der Waals surface area contributed by atoms with Crippen LogP contribution in [0.4, 0.5) is 5.88 Å². The molecule has 1 aliphatic heterocycles. The van der Waals surface area contributed by atoms with Crippen molar-refractivity contribution in [3.8, 4) is 16.3 Å². The molecule has 2 aromatic heterocycles. The van der Waals surface area contributed by atoms with Crippen LogP contribution in [0.15, 0.2) is 20.7 Å². The number of thiazole rings is 1. The molecule has 0 unspecified atom stereocenters. The number of phenolic OH excluding ortho intramolecular Hbond substituents is 1. The van der Waals surface area contributed by atoms with Gasteiger partial charge in [-0.15, -0.1) is 11.3 Å². The number of fused-ring (bicyclic) bond motifs is 1. The zero-order valence-electron chi connectivity index (χ0n) is 16.3. The number of nitrogen functional groups attached to an aromatic ring is 1. The SMILES string of the molecule is CCc1cc2c(=O)c(-c3nc(C)cs3)c(N)oc2c(C[NH+]2CCCCC2)c1O. The van der Waals surface area contributed by atoms with E-state index in [1.807, 2.05) is 19.2 Å². The molecule has 0 atom stereocenters. The number of benzene rings is 1. The number of hydrogen-bond donors (Lipinski definition) is 3. The summed E-state index contributed by atoms with van der Waals surface area (Å²) in [7, 11) is 0. The highest BCUT2D eigenvalue weighted by molar-refractivity contribution is 7.13. The monoisotopic (exact) mass is 400 g/mol. The molecule has 0 radical (unpaired) electrons. The highest BCUT2D eigenvalue weighted by Gasteiger charge is 2.25. The molecule has 1 aliphatic rings. The number of phenols is 1. The molecular weight excluding hydrogens is 374 g/mol. The number of nitrogens with two attached hydrogens (primary N) is 1. The molecular formula is C21H26N3O3S+. The van der Waals surface area contributed by atoms with E-state index in [0.29, 0.717) is 40.1 Å². The fourth-order valence-corrected chi connectivity index (χ4v) is 4.89. The van der Waals surface area contributed by atoms with Gasteiger partial charge < -0.3 is 20.2 Å². The zero-order chi connectivity index (χ0) is 19.8. The zero-order valence-corrected chi connectivity index (χ0v) is 17.1. The molecule has 7 heteroatoms. The van der Waals surface area contributed by atoms with E-state index in [0.717, 1.165) is 24.3 Å². The molecule has 3 heterocycles. The second kappa shape index (κ2) is 7.56. The lowest BCUT2D eigenvalue weighted by Gasteiger charge is -2.24. The van der Waals surface area contributed by atoms with Crippen molar-refractivity contribution in [1.82, 2.24) is 4.98 Å². The minimum atomic E-state index is -0.183. The van der Waals surface area contributed by atoms with E-state index < -0.39 is 0 Å². The lowest BCUT2D eigenvalue weighted by atomic mass is 10.00. The standard InChI is InChI=1S/C21H25N3O3S/c1-3-13-9-14-18(26)16(21-23-12(2)11-28-21)20(22)27-19(14)15(17(13)25)10-24-7-5-4-6-8-24/h9,11,25H,3-8,10,22H2,1-2H3/p+1. The largest absolute Gasteiger partial charge is 0.507 e. The smallest absolute Gasteiger partial charge is 0.205 e. The normalized spacial score (nSPS) is 15.4. The van der Waals surface area contributed by atoms with Crippen LogP contribution in [0, 0.1) is 6.92 Å². The summed E-state index contributed by atoms with van der Waals surface area (Å²) in [6, 6.07) is 1.74. The molecule has 3 aromatic rings. The third-order valence-corrected chi connectivity index (χ3v) is 6.54. The highest BCUT2D eigenvalue weighted by Crippen LogP contribution is 2.35. The summed E-state index contributed by atoms with van der Waals surface area (Å²) in [6.45, 7) is 6.61. The molecule has 0 spiro atoms. The number of aryl methyl sites for hydroxylation is 2. The van der Waals surface area contributed by atoms with Gasteiger partial charge in [0.25, 0.3) is 0 Å². The third-order valence-electron chi connectivity index (χ3n) is 5.56. The van der Waals surface area contributed by atoms with Crippen LogP contribution in [0.2, 0.25) is 0 Å². The maximum absolute atomic E-state index is 13.3. The van der Waals surface area contributed by atoms with E-state index in [4.69, 9.17) is 10.2 Å². The number of anilines is 1. The summed E-state index contributed by atoms with van der Waals surface area (Å²) >= 11 is 1.38. The Morgan fingerprint density at radius 2 is 2.07 bits per heavy atom. The number of quaternary nitrogens is 1. The molecule has 4 N–H and O–H groups in total. The fourth-order valence-electron chi connectivity index (χ4n) is 4.05. The maximum Gasteiger partial charge on any atom is 0.205 e. The van der Waals surface area contributed by atoms with Crippen molar-refractivity contribution in [3.05, 3.63) is 38.5 Å². The lowest BCUT2D eigenvalue weighted by Crippen LogP contribution is -3.11. The fraction of sp³-hybridized carbons (Fsp3) is 0.429. The Labute approximate surface area is 167 Å². The van der Waals surface area contributed by atoms with Gasteiger partial charge in [0.15, 0.2) is 5.58 Å². The van der Waals surface area contributed by atoms with E-state index in [1.165, 1.54) is 35.5 Å². The molecule has 148 valence electrons. The molecule has 4 rings (SSSR count). The quantitative estimate of drug-likeness (QED) is 0.626. The van der Waals surface area contributed by atoms with Gasteiger partial charge in [0.2, 0.25) is 11.3 Å². The number of aromatic nitrogens is 1. The van der Waals surface area contributed by atoms with Crippen LogP contribution in [-0.4, -0.2) is 23.2 Å². The summed E-state index contributed by atoms with van der Waals surface area (Å²) in [5.41, 5.74) is 9.00. The van der Waals surface area contributed by atoms with Crippen molar-refractivity contribution in [2.75, 3.05) is 18.8 Å².